The number of hydrogen-bond donors (Lipinski definition) is 0. The molecule has 18 heavy (non-hydrogen) atoms. The Morgan fingerprint density at radius 2 is 2.17 bits per heavy atom. The van der Waals surface area contributed by atoms with E-state index >= 15 is 0 Å². The van der Waals surface area contributed by atoms with Crippen LogP contribution in [-0.4, -0.2) is 42.0 Å². The van der Waals surface area contributed by atoms with Gasteiger partial charge in [-0.1, -0.05) is 0 Å². The lowest BCUT2D eigenvalue weighted by Crippen LogP contribution is -2.48. The van der Waals surface area contributed by atoms with Crippen molar-refractivity contribution in [2.45, 2.75) is 0 Å². The molecule has 2 aromatic heterocycles. The fourth-order valence-corrected chi connectivity index (χ4v) is 2.73. The minimum Gasteiger partial charge on any atom is -0.459 e. The summed E-state index contributed by atoms with van der Waals surface area (Å²) in [5, 5.41) is 3.00. The van der Waals surface area contributed by atoms with Crippen LogP contribution in [0, 0.1) is 0 Å². The predicted molar refractivity (Wildman–Crippen MR) is 68.9 cm³/mol. The molecule has 2 aromatic rings. The monoisotopic (exact) mass is 263 g/mol. The van der Waals surface area contributed by atoms with E-state index in [0.717, 1.165) is 18.2 Å². The van der Waals surface area contributed by atoms with Gasteiger partial charge >= 0.3 is 0 Å². The maximum atomic E-state index is 12.1. The Morgan fingerprint density at radius 1 is 1.33 bits per heavy atom. The molecule has 3 heterocycles. The minimum atomic E-state index is -0.0289. The van der Waals surface area contributed by atoms with Gasteiger partial charge in [0.2, 0.25) is 0 Å². The van der Waals surface area contributed by atoms with Crippen molar-refractivity contribution in [2.24, 2.45) is 0 Å². The number of carbonyl (C=O) groups excluding carboxylic acids is 1. The van der Waals surface area contributed by atoms with Crippen molar-refractivity contribution >= 4 is 22.4 Å². The third-order valence-corrected chi connectivity index (χ3v) is 3.82. The number of rotatable bonds is 2. The van der Waals surface area contributed by atoms with Crippen LogP contribution in [0.1, 0.15) is 10.6 Å². The number of anilines is 1. The van der Waals surface area contributed by atoms with Crippen LogP contribution in [0.4, 0.5) is 5.13 Å². The standard InChI is InChI=1S/C12H13N3O2S/c16-11(10-2-1-8-17-10)14-4-6-15(7-5-14)12-13-3-9-18-12/h1-3,8-9H,4-7H2. The summed E-state index contributed by atoms with van der Waals surface area (Å²) >= 11 is 1.63. The Morgan fingerprint density at radius 3 is 2.78 bits per heavy atom. The van der Waals surface area contributed by atoms with Gasteiger partial charge in [0.1, 0.15) is 0 Å². The fraction of sp³-hybridized carbons (Fsp3) is 0.333. The lowest BCUT2D eigenvalue weighted by Gasteiger charge is -2.34. The van der Waals surface area contributed by atoms with Crippen molar-refractivity contribution in [3.05, 3.63) is 35.7 Å². The van der Waals surface area contributed by atoms with Gasteiger partial charge in [-0.25, -0.2) is 4.98 Å². The molecule has 0 spiro atoms. The third-order valence-electron chi connectivity index (χ3n) is 2.99. The molecule has 5 nitrogen and oxygen atoms in total. The van der Waals surface area contributed by atoms with Gasteiger partial charge in [-0.05, 0) is 12.1 Å². The number of nitrogens with zero attached hydrogens (tertiary/aromatic N) is 3. The lowest BCUT2D eigenvalue weighted by molar-refractivity contribution is 0.0714. The molecule has 3 rings (SSSR count). The number of amides is 1. The molecule has 0 saturated carbocycles. The number of furan rings is 1. The van der Waals surface area contributed by atoms with Gasteiger partial charge in [-0.3, -0.25) is 4.79 Å². The first-order chi connectivity index (χ1) is 8.84. The molecule has 1 fully saturated rings. The summed E-state index contributed by atoms with van der Waals surface area (Å²) in [5.41, 5.74) is 0. The van der Waals surface area contributed by atoms with Crippen LogP contribution >= 0.6 is 11.3 Å². The molecule has 0 bridgehead atoms. The van der Waals surface area contributed by atoms with E-state index in [2.05, 4.69) is 9.88 Å². The molecule has 0 atom stereocenters. The first-order valence-corrected chi connectivity index (χ1v) is 6.70. The van der Waals surface area contributed by atoms with E-state index in [4.69, 9.17) is 4.42 Å². The Kier molecular flexibility index (Phi) is 3.02. The number of thiazole rings is 1. The Labute approximate surface area is 109 Å². The molecule has 0 aliphatic carbocycles. The molecule has 0 unspecified atom stereocenters. The van der Waals surface area contributed by atoms with E-state index < -0.39 is 0 Å². The predicted octanol–water partition coefficient (Wildman–Crippen LogP) is 1.70. The summed E-state index contributed by atoms with van der Waals surface area (Å²) in [6.45, 7) is 3.05. The molecule has 1 aliphatic heterocycles. The van der Waals surface area contributed by atoms with Crippen LogP contribution in [0.3, 0.4) is 0 Å². The maximum Gasteiger partial charge on any atom is 0.289 e. The van der Waals surface area contributed by atoms with Gasteiger partial charge < -0.3 is 14.2 Å². The Bertz CT molecular complexity index is 501. The van der Waals surface area contributed by atoms with E-state index in [1.807, 2.05) is 10.3 Å². The summed E-state index contributed by atoms with van der Waals surface area (Å²) in [4.78, 5) is 20.4. The third kappa shape index (κ3) is 2.11. The fourth-order valence-electron chi connectivity index (χ4n) is 2.03. The average molecular weight is 263 g/mol. The normalized spacial score (nSPS) is 16.0. The summed E-state index contributed by atoms with van der Waals surface area (Å²) in [6.07, 6.45) is 3.33. The highest BCUT2D eigenvalue weighted by molar-refractivity contribution is 7.13. The van der Waals surface area contributed by atoms with Crippen LogP contribution in [0.25, 0.3) is 0 Å². The summed E-state index contributed by atoms with van der Waals surface area (Å²) in [5.74, 6) is 0.386. The number of aromatic nitrogens is 1. The van der Waals surface area contributed by atoms with Crippen molar-refractivity contribution in [3.63, 3.8) is 0 Å². The number of carbonyl (C=O) groups is 1. The minimum absolute atomic E-state index is 0.0289. The van der Waals surface area contributed by atoms with Gasteiger partial charge in [-0.15, -0.1) is 11.3 Å². The second-order valence-electron chi connectivity index (χ2n) is 4.07. The highest BCUT2D eigenvalue weighted by Gasteiger charge is 2.24. The van der Waals surface area contributed by atoms with Gasteiger partial charge in [-0.2, -0.15) is 0 Å². The van der Waals surface area contributed by atoms with Crippen molar-refractivity contribution < 1.29 is 9.21 Å². The molecular weight excluding hydrogens is 250 g/mol. The molecule has 6 heteroatoms. The van der Waals surface area contributed by atoms with E-state index in [-0.39, 0.29) is 5.91 Å². The summed E-state index contributed by atoms with van der Waals surface area (Å²) < 4.78 is 5.13. The van der Waals surface area contributed by atoms with Crippen LogP contribution in [0.2, 0.25) is 0 Å². The second-order valence-corrected chi connectivity index (χ2v) is 4.94. The van der Waals surface area contributed by atoms with Gasteiger partial charge in [0.05, 0.1) is 6.26 Å². The quantitative estimate of drug-likeness (QED) is 0.827. The Balaban J connectivity index is 1.62. The van der Waals surface area contributed by atoms with Crippen LogP contribution in [0.15, 0.2) is 34.4 Å². The molecule has 1 saturated heterocycles. The van der Waals surface area contributed by atoms with E-state index in [0.29, 0.717) is 18.8 Å². The van der Waals surface area contributed by atoms with E-state index in [1.165, 1.54) is 6.26 Å². The molecule has 0 N–H and O–H groups in total. The first kappa shape index (κ1) is 11.3. The molecule has 94 valence electrons. The topological polar surface area (TPSA) is 49.6 Å². The number of piperazine rings is 1. The van der Waals surface area contributed by atoms with E-state index in [9.17, 15) is 4.79 Å². The molecule has 1 aliphatic rings. The highest BCUT2D eigenvalue weighted by atomic mass is 32.1. The van der Waals surface area contributed by atoms with E-state index in [1.54, 1.807) is 29.7 Å². The number of hydrogen-bond acceptors (Lipinski definition) is 5. The summed E-state index contributed by atoms with van der Waals surface area (Å²) in [6, 6.07) is 3.44. The molecule has 0 aromatic carbocycles. The van der Waals surface area contributed by atoms with Crippen molar-refractivity contribution in [1.29, 1.82) is 0 Å². The molecule has 1 amide bonds. The zero-order valence-corrected chi connectivity index (χ0v) is 10.6. The lowest BCUT2D eigenvalue weighted by atomic mass is 10.3. The van der Waals surface area contributed by atoms with Gasteiger partial charge in [0.15, 0.2) is 10.9 Å². The average Bonchev–Trinajstić information content (AvgIpc) is 3.11. The van der Waals surface area contributed by atoms with Crippen molar-refractivity contribution in [1.82, 2.24) is 9.88 Å². The first-order valence-electron chi connectivity index (χ1n) is 5.82. The summed E-state index contributed by atoms with van der Waals surface area (Å²) in [7, 11) is 0. The zero-order valence-electron chi connectivity index (χ0n) is 9.78. The van der Waals surface area contributed by atoms with Crippen LogP contribution < -0.4 is 4.90 Å². The van der Waals surface area contributed by atoms with Gasteiger partial charge in [0.25, 0.3) is 5.91 Å². The SMILES string of the molecule is O=C(c1ccco1)N1CCN(c2nccs2)CC1. The van der Waals surface area contributed by atoms with Crippen LogP contribution in [-0.2, 0) is 0 Å². The van der Waals surface area contributed by atoms with Crippen LogP contribution in [0.5, 0.6) is 0 Å². The molecular formula is C12H13N3O2S. The van der Waals surface area contributed by atoms with Crippen molar-refractivity contribution in [3.8, 4) is 0 Å². The smallest absolute Gasteiger partial charge is 0.289 e. The zero-order chi connectivity index (χ0) is 12.4. The second kappa shape index (κ2) is 4.81. The Hall–Kier alpha value is -1.82. The van der Waals surface area contributed by atoms with Gasteiger partial charge in [0, 0.05) is 37.8 Å². The maximum absolute atomic E-state index is 12.1. The highest BCUT2D eigenvalue weighted by Crippen LogP contribution is 2.19. The van der Waals surface area contributed by atoms with Crippen molar-refractivity contribution in [2.75, 3.05) is 31.1 Å². The molecule has 0 radical (unpaired) electrons. The largest absolute Gasteiger partial charge is 0.459 e.